The lowest BCUT2D eigenvalue weighted by Crippen LogP contribution is -2.00. The summed E-state index contributed by atoms with van der Waals surface area (Å²) in [4.78, 5) is 16.6. The largest absolute Gasteiger partial charge is 0.496 e. The third-order valence-electron chi connectivity index (χ3n) is 4.35. The van der Waals surface area contributed by atoms with Gasteiger partial charge in [0.1, 0.15) is 5.75 Å². The second-order valence-electron chi connectivity index (χ2n) is 5.93. The van der Waals surface area contributed by atoms with Crippen LogP contribution in [0.25, 0.3) is 32.9 Å². The van der Waals surface area contributed by atoms with Gasteiger partial charge < -0.3 is 9.84 Å². The molecule has 0 aliphatic carbocycles. The molecule has 0 radical (unpaired) electrons. The smallest absolute Gasteiger partial charge is 0.336 e. The molecule has 4 rings (SSSR count). The van der Waals surface area contributed by atoms with Crippen LogP contribution in [0.3, 0.4) is 0 Å². The third-order valence-corrected chi connectivity index (χ3v) is 4.97. The highest BCUT2D eigenvalue weighted by Gasteiger charge is 2.14. The van der Waals surface area contributed by atoms with Crippen LogP contribution in [0.1, 0.15) is 10.4 Å². The second-order valence-corrected chi connectivity index (χ2v) is 6.78. The van der Waals surface area contributed by atoms with Crippen LogP contribution in [-0.2, 0) is 0 Å². The van der Waals surface area contributed by atoms with Crippen LogP contribution in [0.4, 0.5) is 0 Å². The molecule has 0 saturated heterocycles. The minimum atomic E-state index is -0.971. The Hall–Kier alpha value is -2.92. The van der Waals surface area contributed by atoms with Crippen molar-refractivity contribution in [2.75, 3.05) is 7.11 Å². The van der Waals surface area contributed by atoms with Gasteiger partial charge in [-0.15, -0.1) is 0 Å². The van der Waals surface area contributed by atoms with Gasteiger partial charge in [0.15, 0.2) is 0 Å². The summed E-state index contributed by atoms with van der Waals surface area (Å²) in [6.45, 7) is 0. The lowest BCUT2D eigenvalue weighted by molar-refractivity contribution is 0.0699. The Balaban J connectivity index is 2.00. The highest BCUT2D eigenvalue weighted by molar-refractivity contribution is 9.10. The molecule has 0 aliphatic heterocycles. The van der Waals surface area contributed by atoms with E-state index in [0.717, 1.165) is 20.8 Å². The number of carboxylic acids is 1. The number of hydrogen-bond acceptors (Lipinski definition) is 3. The third kappa shape index (κ3) is 2.80. The Morgan fingerprint density at radius 3 is 2.42 bits per heavy atom. The topological polar surface area (TPSA) is 59.4 Å². The number of carboxylic acid groups (broad SMARTS) is 1. The zero-order valence-electron chi connectivity index (χ0n) is 13.9. The van der Waals surface area contributed by atoms with Crippen LogP contribution in [0.15, 0.2) is 65.1 Å². The minimum absolute atomic E-state index is 0.239. The molecule has 3 aromatic carbocycles. The number of aromatic nitrogens is 1. The number of benzene rings is 3. The van der Waals surface area contributed by atoms with E-state index < -0.39 is 5.97 Å². The van der Waals surface area contributed by atoms with E-state index >= 15 is 0 Å². The van der Waals surface area contributed by atoms with E-state index in [1.807, 2.05) is 54.6 Å². The number of rotatable bonds is 3. The van der Waals surface area contributed by atoms with Crippen LogP contribution in [-0.4, -0.2) is 23.2 Å². The molecule has 0 aliphatic rings. The molecule has 0 amide bonds. The summed E-state index contributed by atoms with van der Waals surface area (Å²) in [5.41, 5.74) is 2.32. The van der Waals surface area contributed by atoms with E-state index in [0.29, 0.717) is 22.3 Å². The van der Waals surface area contributed by atoms with Gasteiger partial charge in [-0.05, 0) is 63.1 Å². The maximum atomic E-state index is 11.8. The van der Waals surface area contributed by atoms with Crippen molar-refractivity contribution >= 4 is 43.6 Å². The maximum Gasteiger partial charge on any atom is 0.336 e. The highest BCUT2D eigenvalue weighted by Crippen LogP contribution is 2.32. The Kier molecular flexibility index (Phi) is 4.09. The van der Waals surface area contributed by atoms with Gasteiger partial charge in [0, 0.05) is 10.9 Å². The van der Waals surface area contributed by atoms with Gasteiger partial charge in [0.25, 0.3) is 0 Å². The van der Waals surface area contributed by atoms with Gasteiger partial charge in [-0.2, -0.15) is 0 Å². The quantitative estimate of drug-likeness (QED) is 0.453. The molecule has 26 heavy (non-hydrogen) atoms. The number of halogens is 1. The highest BCUT2D eigenvalue weighted by atomic mass is 79.9. The lowest BCUT2D eigenvalue weighted by atomic mass is 10.0. The van der Waals surface area contributed by atoms with Crippen LogP contribution in [0.5, 0.6) is 5.75 Å². The molecule has 5 heteroatoms. The fraction of sp³-hybridized carbons (Fsp3) is 0.0476. The zero-order chi connectivity index (χ0) is 18.3. The molecule has 0 unspecified atom stereocenters. The fourth-order valence-corrected chi connectivity index (χ4v) is 3.60. The van der Waals surface area contributed by atoms with E-state index in [2.05, 4.69) is 15.9 Å². The molecule has 0 saturated carbocycles. The molecule has 4 aromatic rings. The Morgan fingerprint density at radius 1 is 1.04 bits per heavy atom. The summed E-state index contributed by atoms with van der Waals surface area (Å²) < 4.78 is 6.04. The number of nitrogens with zero attached hydrogens (tertiary/aromatic N) is 1. The molecule has 128 valence electrons. The van der Waals surface area contributed by atoms with Gasteiger partial charge in [-0.3, -0.25) is 0 Å². The summed E-state index contributed by atoms with van der Waals surface area (Å²) in [5, 5.41) is 12.4. The Morgan fingerprint density at radius 2 is 1.77 bits per heavy atom. The Bertz CT molecular complexity index is 1170. The van der Waals surface area contributed by atoms with E-state index in [9.17, 15) is 9.90 Å². The zero-order valence-corrected chi connectivity index (χ0v) is 15.4. The number of fused-ring (bicyclic) bond motifs is 2. The predicted molar refractivity (Wildman–Crippen MR) is 106 cm³/mol. The van der Waals surface area contributed by atoms with Crippen molar-refractivity contribution in [2.45, 2.75) is 0 Å². The van der Waals surface area contributed by atoms with Crippen molar-refractivity contribution < 1.29 is 14.6 Å². The van der Waals surface area contributed by atoms with Crippen molar-refractivity contribution in [3.05, 3.63) is 70.7 Å². The van der Waals surface area contributed by atoms with Crippen LogP contribution < -0.4 is 4.74 Å². The van der Waals surface area contributed by atoms with Gasteiger partial charge in [-0.1, -0.05) is 24.3 Å². The van der Waals surface area contributed by atoms with Crippen LogP contribution >= 0.6 is 15.9 Å². The molecule has 1 heterocycles. The first-order valence-electron chi connectivity index (χ1n) is 7.97. The van der Waals surface area contributed by atoms with E-state index in [1.54, 1.807) is 13.2 Å². The fourth-order valence-electron chi connectivity index (χ4n) is 3.06. The minimum Gasteiger partial charge on any atom is -0.496 e. The monoisotopic (exact) mass is 407 g/mol. The number of ether oxygens (including phenoxy) is 1. The molecule has 0 atom stereocenters. The first kappa shape index (κ1) is 16.5. The van der Waals surface area contributed by atoms with Gasteiger partial charge in [0.05, 0.1) is 28.4 Å². The molecule has 4 nitrogen and oxygen atoms in total. The number of carbonyl (C=O) groups is 1. The number of methoxy groups -OCH3 is 1. The first-order chi connectivity index (χ1) is 12.6. The SMILES string of the molecule is COc1ccc(-c2cc(C(=O)O)c3cc4ccccc4cc3n2)cc1Br. The van der Waals surface area contributed by atoms with Crippen molar-refractivity contribution in [2.24, 2.45) is 0 Å². The summed E-state index contributed by atoms with van der Waals surface area (Å²) in [7, 11) is 1.60. The van der Waals surface area contributed by atoms with E-state index in [4.69, 9.17) is 9.72 Å². The second kappa shape index (κ2) is 6.42. The summed E-state index contributed by atoms with van der Waals surface area (Å²) in [6, 6.07) is 18.8. The molecule has 1 N–H and O–H groups in total. The molecule has 1 aromatic heterocycles. The standard InChI is InChI=1S/C21H14BrNO3/c1-26-20-7-6-14(9-17(20)22)18-11-16(21(24)25)15-8-12-4-2-3-5-13(12)10-19(15)23-18/h2-11H,1H3,(H,24,25). The van der Waals surface area contributed by atoms with E-state index in [-0.39, 0.29) is 5.56 Å². The maximum absolute atomic E-state index is 11.8. The van der Waals surface area contributed by atoms with Gasteiger partial charge >= 0.3 is 5.97 Å². The van der Waals surface area contributed by atoms with Gasteiger partial charge in [-0.25, -0.2) is 9.78 Å². The number of aromatic carboxylic acids is 1. The normalized spacial score (nSPS) is 11.0. The average Bonchev–Trinajstić information content (AvgIpc) is 2.65. The molecular weight excluding hydrogens is 394 g/mol. The number of pyridine rings is 1. The van der Waals surface area contributed by atoms with Crippen LogP contribution in [0.2, 0.25) is 0 Å². The van der Waals surface area contributed by atoms with Gasteiger partial charge in [0.2, 0.25) is 0 Å². The first-order valence-corrected chi connectivity index (χ1v) is 8.77. The lowest BCUT2D eigenvalue weighted by Gasteiger charge is -2.10. The molecular formula is C21H14BrNO3. The molecule has 0 spiro atoms. The summed E-state index contributed by atoms with van der Waals surface area (Å²) in [5.74, 6) is -0.263. The van der Waals surface area contributed by atoms with Crippen molar-refractivity contribution in [3.8, 4) is 17.0 Å². The van der Waals surface area contributed by atoms with E-state index in [1.165, 1.54) is 0 Å². The van der Waals surface area contributed by atoms with Crippen molar-refractivity contribution in [3.63, 3.8) is 0 Å². The summed E-state index contributed by atoms with van der Waals surface area (Å²) in [6.07, 6.45) is 0. The van der Waals surface area contributed by atoms with Crippen molar-refractivity contribution in [1.82, 2.24) is 4.98 Å². The summed E-state index contributed by atoms with van der Waals surface area (Å²) >= 11 is 3.47. The van der Waals surface area contributed by atoms with Crippen LogP contribution in [0, 0.1) is 0 Å². The molecule has 0 bridgehead atoms. The average molecular weight is 408 g/mol. The number of hydrogen-bond donors (Lipinski definition) is 1. The Labute approximate surface area is 158 Å². The predicted octanol–water partition coefficient (Wildman–Crippen LogP) is 5.52. The molecule has 0 fully saturated rings. The van der Waals surface area contributed by atoms with Crippen molar-refractivity contribution in [1.29, 1.82) is 0 Å².